The lowest BCUT2D eigenvalue weighted by Gasteiger charge is -2.18. The number of hydrogen-bond acceptors (Lipinski definition) is 2. The maximum atomic E-state index is 12.9. The molecule has 0 spiro atoms. The quantitative estimate of drug-likeness (QED) is 0.394. The van der Waals surface area contributed by atoms with Crippen LogP contribution in [0.25, 0.3) is 6.08 Å². The number of carbonyl (C=O) groups is 1. The molecule has 1 amide bonds. The minimum Gasteiger partial charge on any atom is -0.273 e. The zero-order valence-electron chi connectivity index (χ0n) is 15.8. The third kappa shape index (κ3) is 4.22. The smallest absolute Gasteiger partial charge is 0.244 e. The molecule has 0 bridgehead atoms. The van der Waals surface area contributed by atoms with Gasteiger partial charge in [-0.1, -0.05) is 97.1 Å². The molecule has 0 radical (unpaired) electrons. The molecule has 3 aromatic carbocycles. The summed E-state index contributed by atoms with van der Waals surface area (Å²) in [5.74, 6) is -0.211. The van der Waals surface area contributed by atoms with E-state index >= 15 is 0 Å². The van der Waals surface area contributed by atoms with Crippen molar-refractivity contribution in [2.45, 2.75) is 11.8 Å². The van der Waals surface area contributed by atoms with Crippen LogP contribution in [0.5, 0.6) is 0 Å². The van der Waals surface area contributed by atoms with E-state index in [0.29, 0.717) is 4.62 Å². The van der Waals surface area contributed by atoms with E-state index < -0.39 is 0 Å². The summed E-state index contributed by atoms with van der Waals surface area (Å²) in [5, 5.41) is 4.20. The van der Waals surface area contributed by atoms with E-state index in [2.05, 4.69) is 50.7 Å². The largest absolute Gasteiger partial charge is 0.273 e. The summed E-state index contributed by atoms with van der Waals surface area (Å²) in [5.41, 5.74) is 5.84. The summed E-state index contributed by atoms with van der Waals surface area (Å²) >= 11 is 3.40. The van der Waals surface area contributed by atoms with Crippen LogP contribution in [0, 0.1) is 5.92 Å². The molecular weight excluding hydrogens is 424 g/mol. The molecule has 144 valence electrons. The lowest BCUT2D eigenvalue weighted by molar-refractivity contribution is -0.122. The van der Waals surface area contributed by atoms with E-state index in [4.69, 9.17) is 0 Å². The number of benzene rings is 3. The van der Waals surface area contributed by atoms with E-state index in [9.17, 15) is 4.79 Å². The van der Waals surface area contributed by atoms with Crippen molar-refractivity contribution in [3.8, 4) is 0 Å². The van der Waals surface area contributed by atoms with Gasteiger partial charge in [0.25, 0.3) is 0 Å². The van der Waals surface area contributed by atoms with Gasteiger partial charge in [-0.2, -0.15) is 5.10 Å². The monoisotopic (exact) mass is 444 g/mol. The van der Waals surface area contributed by atoms with Crippen molar-refractivity contribution < 1.29 is 4.79 Å². The van der Waals surface area contributed by atoms with Crippen molar-refractivity contribution in [2.24, 2.45) is 11.0 Å². The van der Waals surface area contributed by atoms with Crippen LogP contribution in [0.2, 0.25) is 0 Å². The topological polar surface area (TPSA) is 41.5 Å². The maximum Gasteiger partial charge on any atom is 0.244 e. The SMILES string of the molecule is O=C(N/N=C(Br)/C=C/c1ccccc1)C1CC1(c1ccccc1)c1ccccc1. The molecular formula is C25H21BrN2O. The molecule has 4 rings (SSSR count). The predicted octanol–water partition coefficient (Wildman–Crippen LogP) is 5.53. The van der Waals surface area contributed by atoms with Gasteiger partial charge in [0.05, 0.1) is 5.92 Å². The first-order valence-electron chi connectivity index (χ1n) is 9.57. The molecule has 0 aromatic heterocycles. The molecule has 1 aliphatic carbocycles. The second kappa shape index (κ2) is 8.58. The van der Waals surface area contributed by atoms with Crippen molar-refractivity contribution in [2.75, 3.05) is 0 Å². The van der Waals surface area contributed by atoms with Crippen molar-refractivity contribution in [3.63, 3.8) is 0 Å². The summed E-state index contributed by atoms with van der Waals surface area (Å²) in [6, 6.07) is 30.4. The van der Waals surface area contributed by atoms with Gasteiger partial charge >= 0.3 is 0 Å². The molecule has 0 aliphatic heterocycles. The molecule has 3 nitrogen and oxygen atoms in total. The Hall–Kier alpha value is -2.98. The Balaban J connectivity index is 1.49. The van der Waals surface area contributed by atoms with Crippen LogP contribution in [-0.4, -0.2) is 10.5 Å². The molecule has 1 unspecified atom stereocenters. The Bertz CT molecular complexity index is 991. The Morgan fingerprint density at radius 3 is 1.97 bits per heavy atom. The van der Waals surface area contributed by atoms with Crippen LogP contribution < -0.4 is 5.43 Å². The number of rotatable bonds is 6. The summed E-state index contributed by atoms with van der Waals surface area (Å²) < 4.78 is 0.570. The van der Waals surface area contributed by atoms with Gasteiger partial charge in [0.1, 0.15) is 4.62 Å². The van der Waals surface area contributed by atoms with Crippen LogP contribution in [0.3, 0.4) is 0 Å². The van der Waals surface area contributed by atoms with E-state index in [1.165, 1.54) is 11.1 Å². The van der Waals surface area contributed by atoms with Gasteiger partial charge in [-0.15, -0.1) is 0 Å². The molecule has 1 N–H and O–H groups in total. The van der Waals surface area contributed by atoms with Crippen LogP contribution >= 0.6 is 15.9 Å². The number of allylic oxidation sites excluding steroid dienone is 1. The lowest BCUT2D eigenvalue weighted by atomic mass is 9.85. The Kier molecular flexibility index (Phi) is 5.72. The first-order valence-corrected chi connectivity index (χ1v) is 10.4. The van der Waals surface area contributed by atoms with E-state index in [1.54, 1.807) is 0 Å². The van der Waals surface area contributed by atoms with Gasteiger partial charge in [-0.25, -0.2) is 5.43 Å². The average molecular weight is 445 g/mol. The lowest BCUT2D eigenvalue weighted by Crippen LogP contribution is -2.25. The zero-order chi connectivity index (χ0) is 20.1. The number of hydrogen-bond donors (Lipinski definition) is 1. The summed E-state index contributed by atoms with van der Waals surface area (Å²) in [6.45, 7) is 0. The first-order chi connectivity index (χ1) is 14.2. The van der Waals surface area contributed by atoms with Gasteiger partial charge in [0, 0.05) is 5.41 Å². The Labute approximate surface area is 179 Å². The highest BCUT2D eigenvalue weighted by Gasteiger charge is 2.60. The second-order valence-corrected chi connectivity index (χ2v) is 7.93. The predicted molar refractivity (Wildman–Crippen MR) is 122 cm³/mol. The highest BCUT2D eigenvalue weighted by Crippen LogP contribution is 2.58. The zero-order valence-corrected chi connectivity index (χ0v) is 17.4. The highest BCUT2D eigenvalue weighted by molar-refractivity contribution is 9.18. The number of nitrogens with zero attached hydrogens (tertiary/aromatic N) is 1. The third-order valence-corrected chi connectivity index (χ3v) is 5.78. The number of hydrazone groups is 1. The summed E-state index contributed by atoms with van der Waals surface area (Å²) in [6.07, 6.45) is 4.54. The van der Waals surface area contributed by atoms with Gasteiger partial charge in [-0.05, 0) is 45.1 Å². The highest BCUT2D eigenvalue weighted by atomic mass is 79.9. The van der Waals surface area contributed by atoms with Crippen LogP contribution in [-0.2, 0) is 10.2 Å². The number of halogens is 1. The first kappa shape index (κ1) is 19.3. The molecule has 4 heteroatoms. The fourth-order valence-corrected chi connectivity index (χ4v) is 4.03. The number of carbonyl (C=O) groups excluding carboxylic acids is 1. The third-order valence-electron chi connectivity index (χ3n) is 5.34. The average Bonchev–Trinajstić information content (AvgIpc) is 3.55. The maximum absolute atomic E-state index is 12.9. The minimum absolute atomic E-state index is 0.0669. The fourth-order valence-electron chi connectivity index (χ4n) is 3.81. The van der Waals surface area contributed by atoms with E-state index in [-0.39, 0.29) is 17.2 Å². The summed E-state index contributed by atoms with van der Waals surface area (Å²) in [7, 11) is 0. The Morgan fingerprint density at radius 1 is 0.897 bits per heavy atom. The molecule has 1 fully saturated rings. The van der Waals surface area contributed by atoms with Crippen LogP contribution in [0.15, 0.2) is 102 Å². The summed E-state index contributed by atoms with van der Waals surface area (Å²) in [4.78, 5) is 12.9. The van der Waals surface area contributed by atoms with Crippen LogP contribution in [0.4, 0.5) is 0 Å². The number of nitrogens with one attached hydrogen (secondary N) is 1. The molecule has 0 saturated heterocycles. The van der Waals surface area contributed by atoms with Crippen molar-refractivity contribution >= 4 is 32.5 Å². The van der Waals surface area contributed by atoms with Crippen molar-refractivity contribution in [1.29, 1.82) is 0 Å². The fraction of sp³-hybridized carbons (Fsp3) is 0.120. The van der Waals surface area contributed by atoms with Gasteiger partial charge < -0.3 is 0 Å². The molecule has 1 saturated carbocycles. The van der Waals surface area contributed by atoms with Gasteiger partial charge in [0.15, 0.2) is 0 Å². The molecule has 0 heterocycles. The second-order valence-electron chi connectivity index (χ2n) is 7.11. The van der Waals surface area contributed by atoms with Crippen molar-refractivity contribution in [1.82, 2.24) is 5.43 Å². The van der Waals surface area contributed by atoms with Crippen molar-refractivity contribution in [3.05, 3.63) is 114 Å². The molecule has 1 aliphatic rings. The number of amides is 1. The van der Waals surface area contributed by atoms with Gasteiger partial charge in [-0.3, -0.25) is 4.79 Å². The van der Waals surface area contributed by atoms with Crippen LogP contribution in [0.1, 0.15) is 23.1 Å². The normalized spacial score (nSPS) is 17.8. The minimum atomic E-state index is -0.283. The Morgan fingerprint density at radius 2 is 1.41 bits per heavy atom. The molecule has 1 atom stereocenters. The van der Waals surface area contributed by atoms with Gasteiger partial charge in [0.2, 0.25) is 5.91 Å². The van der Waals surface area contributed by atoms with E-state index in [0.717, 1.165) is 12.0 Å². The standard InChI is InChI=1S/C25H21BrN2O/c26-23(17-16-19-10-4-1-5-11-19)27-28-24(29)22-18-25(22,20-12-6-2-7-13-20)21-14-8-3-9-15-21/h1-17,22H,18H2,(H,28,29)/b17-16+,27-23-. The molecule has 3 aromatic rings. The van der Waals surface area contributed by atoms with E-state index in [1.807, 2.05) is 78.9 Å². The molecule has 29 heavy (non-hydrogen) atoms.